The van der Waals surface area contributed by atoms with E-state index in [1.807, 2.05) is 83.9 Å². The van der Waals surface area contributed by atoms with E-state index in [0.717, 1.165) is 52.6 Å². The number of carbonyl (C=O) groups excluding carboxylic acids is 1. The highest BCUT2D eigenvalue weighted by molar-refractivity contribution is 5.94. The third kappa shape index (κ3) is 5.39. The van der Waals surface area contributed by atoms with Gasteiger partial charge in [-0.25, -0.2) is 4.98 Å². The average Bonchev–Trinajstić information content (AvgIpc) is 3.39. The van der Waals surface area contributed by atoms with Crippen molar-refractivity contribution >= 4 is 17.2 Å². The monoisotopic (exact) mass is 547 g/mol. The summed E-state index contributed by atoms with van der Waals surface area (Å²) in [6.07, 6.45) is 2.00. The molecule has 2 aromatic heterocycles. The summed E-state index contributed by atoms with van der Waals surface area (Å²) in [5.41, 5.74) is 6.02. The molecular formula is C32H29N5O4. The molecule has 0 unspecified atom stereocenters. The Hall–Kier alpha value is -5.02. The predicted molar refractivity (Wildman–Crippen MR) is 157 cm³/mol. The van der Waals surface area contributed by atoms with E-state index in [-0.39, 0.29) is 16.5 Å². The van der Waals surface area contributed by atoms with Gasteiger partial charge >= 0.3 is 0 Å². The molecule has 41 heavy (non-hydrogen) atoms. The minimum absolute atomic E-state index is 0.0512. The second-order valence-corrected chi connectivity index (χ2v) is 10.0. The number of benzene rings is 3. The van der Waals surface area contributed by atoms with Crippen LogP contribution in [0.4, 0.5) is 5.69 Å². The summed E-state index contributed by atoms with van der Waals surface area (Å²) in [7, 11) is 1.64. The number of nitro groups is 1. The van der Waals surface area contributed by atoms with E-state index >= 15 is 0 Å². The average molecular weight is 548 g/mol. The second kappa shape index (κ2) is 11.2. The number of piperazine rings is 1. The number of carbonyl (C=O) groups is 1. The van der Waals surface area contributed by atoms with E-state index in [9.17, 15) is 14.9 Å². The maximum absolute atomic E-state index is 13.0. The molecule has 6 rings (SSSR count). The molecule has 3 heterocycles. The first kappa shape index (κ1) is 26.2. The first-order valence-electron chi connectivity index (χ1n) is 13.5. The van der Waals surface area contributed by atoms with E-state index in [2.05, 4.69) is 9.30 Å². The van der Waals surface area contributed by atoms with Crippen molar-refractivity contribution in [2.75, 3.05) is 33.3 Å². The highest BCUT2D eigenvalue weighted by atomic mass is 16.6. The maximum Gasteiger partial charge on any atom is 0.270 e. The zero-order valence-electron chi connectivity index (χ0n) is 22.6. The normalized spacial score (nSPS) is 13.8. The van der Waals surface area contributed by atoms with E-state index in [1.54, 1.807) is 19.2 Å². The van der Waals surface area contributed by atoms with Gasteiger partial charge in [-0.3, -0.25) is 19.8 Å². The first-order valence-corrected chi connectivity index (χ1v) is 13.5. The van der Waals surface area contributed by atoms with Crippen molar-refractivity contribution in [3.63, 3.8) is 0 Å². The summed E-state index contributed by atoms with van der Waals surface area (Å²) in [5.74, 6) is 0.826. The predicted octanol–water partition coefficient (Wildman–Crippen LogP) is 5.54. The van der Waals surface area contributed by atoms with Gasteiger partial charge in [0.05, 0.1) is 23.4 Å². The molecule has 0 spiro atoms. The van der Waals surface area contributed by atoms with Gasteiger partial charge in [-0.1, -0.05) is 30.3 Å². The van der Waals surface area contributed by atoms with Crippen LogP contribution in [0.1, 0.15) is 16.1 Å². The lowest BCUT2D eigenvalue weighted by molar-refractivity contribution is -0.384. The number of amides is 1. The van der Waals surface area contributed by atoms with Crippen molar-refractivity contribution in [2.24, 2.45) is 0 Å². The largest absolute Gasteiger partial charge is 0.497 e. The molecule has 1 amide bonds. The van der Waals surface area contributed by atoms with Crippen LogP contribution in [0.2, 0.25) is 0 Å². The Balaban J connectivity index is 1.33. The Morgan fingerprint density at radius 3 is 2.32 bits per heavy atom. The third-order valence-corrected chi connectivity index (χ3v) is 7.52. The molecule has 3 aromatic carbocycles. The van der Waals surface area contributed by atoms with Crippen LogP contribution in [-0.4, -0.2) is 63.3 Å². The Morgan fingerprint density at radius 1 is 0.878 bits per heavy atom. The fourth-order valence-electron chi connectivity index (χ4n) is 5.28. The molecule has 0 aliphatic carbocycles. The molecule has 206 valence electrons. The van der Waals surface area contributed by atoms with Crippen molar-refractivity contribution in [1.29, 1.82) is 0 Å². The van der Waals surface area contributed by atoms with Crippen LogP contribution in [0.5, 0.6) is 5.75 Å². The van der Waals surface area contributed by atoms with Crippen molar-refractivity contribution in [2.45, 2.75) is 6.54 Å². The fraction of sp³-hybridized carbons (Fsp3) is 0.188. The summed E-state index contributed by atoms with van der Waals surface area (Å²) >= 11 is 0. The van der Waals surface area contributed by atoms with Gasteiger partial charge in [0.15, 0.2) is 0 Å². The van der Waals surface area contributed by atoms with Gasteiger partial charge in [0.2, 0.25) is 0 Å². The zero-order valence-corrected chi connectivity index (χ0v) is 22.6. The molecule has 0 radical (unpaired) electrons. The third-order valence-electron chi connectivity index (χ3n) is 7.52. The van der Waals surface area contributed by atoms with Crippen LogP contribution in [0.3, 0.4) is 0 Å². The molecule has 0 bridgehead atoms. The quantitative estimate of drug-likeness (QED) is 0.196. The highest BCUT2D eigenvalue weighted by Gasteiger charge is 2.24. The van der Waals surface area contributed by atoms with Gasteiger partial charge in [-0.15, -0.1) is 0 Å². The number of rotatable bonds is 7. The number of hydrogen-bond donors (Lipinski definition) is 0. The molecule has 5 aromatic rings. The molecule has 0 N–H and O–H groups in total. The number of nitro benzene ring substituents is 1. The molecule has 1 fully saturated rings. The van der Waals surface area contributed by atoms with Crippen LogP contribution in [0.25, 0.3) is 28.0 Å². The van der Waals surface area contributed by atoms with Crippen LogP contribution in [0, 0.1) is 10.1 Å². The Labute approximate surface area is 237 Å². The zero-order chi connectivity index (χ0) is 28.3. The molecule has 9 heteroatoms. The SMILES string of the molecule is COc1ccc(-c2nc3ccc(-c4cccc([N+](=O)[O-])c4)cn3c2CN2CCN(C(=O)c3ccccc3)CC2)cc1. The maximum atomic E-state index is 13.0. The summed E-state index contributed by atoms with van der Waals surface area (Å²) < 4.78 is 7.43. The van der Waals surface area contributed by atoms with Crippen molar-refractivity contribution in [1.82, 2.24) is 19.2 Å². The van der Waals surface area contributed by atoms with Crippen LogP contribution < -0.4 is 4.74 Å². The van der Waals surface area contributed by atoms with Crippen LogP contribution in [-0.2, 0) is 6.54 Å². The number of hydrogen-bond acceptors (Lipinski definition) is 6. The second-order valence-electron chi connectivity index (χ2n) is 10.0. The van der Waals surface area contributed by atoms with Crippen LogP contribution >= 0.6 is 0 Å². The summed E-state index contributed by atoms with van der Waals surface area (Å²) in [5, 5.41) is 11.4. The molecule has 1 aliphatic rings. The van der Waals surface area contributed by atoms with E-state index in [0.29, 0.717) is 25.2 Å². The molecule has 1 saturated heterocycles. The lowest BCUT2D eigenvalue weighted by Gasteiger charge is -2.34. The van der Waals surface area contributed by atoms with Crippen molar-refractivity contribution in [3.8, 4) is 28.1 Å². The van der Waals surface area contributed by atoms with Crippen molar-refractivity contribution < 1.29 is 14.5 Å². The number of methoxy groups -OCH3 is 1. The Bertz CT molecular complexity index is 1710. The lowest BCUT2D eigenvalue weighted by Crippen LogP contribution is -2.48. The van der Waals surface area contributed by atoms with Gasteiger partial charge in [0.25, 0.3) is 11.6 Å². The van der Waals surface area contributed by atoms with Gasteiger partial charge < -0.3 is 14.0 Å². The van der Waals surface area contributed by atoms with Gasteiger partial charge in [0.1, 0.15) is 11.4 Å². The van der Waals surface area contributed by atoms with Gasteiger partial charge in [0, 0.05) is 62.2 Å². The summed E-state index contributed by atoms with van der Waals surface area (Å²) in [6, 6.07) is 27.8. The Kier molecular flexibility index (Phi) is 7.18. The Morgan fingerprint density at radius 2 is 1.61 bits per heavy atom. The minimum atomic E-state index is -0.380. The number of fused-ring (bicyclic) bond motifs is 1. The number of pyridine rings is 1. The number of nitrogens with zero attached hydrogens (tertiary/aromatic N) is 5. The van der Waals surface area contributed by atoms with E-state index in [1.165, 1.54) is 6.07 Å². The molecule has 1 aliphatic heterocycles. The summed E-state index contributed by atoms with van der Waals surface area (Å²) in [6.45, 7) is 3.38. The van der Waals surface area contributed by atoms with Crippen LogP contribution in [0.15, 0.2) is 97.2 Å². The van der Waals surface area contributed by atoms with Gasteiger partial charge in [-0.05, 0) is 59.7 Å². The molecule has 9 nitrogen and oxygen atoms in total. The van der Waals surface area contributed by atoms with E-state index < -0.39 is 0 Å². The van der Waals surface area contributed by atoms with Gasteiger partial charge in [-0.2, -0.15) is 0 Å². The molecule has 0 saturated carbocycles. The highest BCUT2D eigenvalue weighted by Crippen LogP contribution is 2.30. The topological polar surface area (TPSA) is 93.2 Å². The number of imidazole rings is 1. The molecule has 0 atom stereocenters. The number of aromatic nitrogens is 2. The lowest BCUT2D eigenvalue weighted by atomic mass is 10.1. The van der Waals surface area contributed by atoms with Crippen molar-refractivity contribution in [3.05, 3.63) is 119 Å². The first-order chi connectivity index (χ1) is 20.0. The number of ether oxygens (including phenoxy) is 1. The number of non-ortho nitro benzene ring substituents is 1. The summed E-state index contributed by atoms with van der Waals surface area (Å²) in [4.78, 5) is 33.2. The smallest absolute Gasteiger partial charge is 0.270 e. The fourth-order valence-corrected chi connectivity index (χ4v) is 5.28. The molecular weight excluding hydrogens is 518 g/mol. The minimum Gasteiger partial charge on any atom is -0.497 e. The van der Waals surface area contributed by atoms with E-state index in [4.69, 9.17) is 9.72 Å². The standard InChI is InChI=1S/C32H29N5O4/c1-41-28-13-10-23(11-14-28)31-29(22-34-16-18-35(19-17-34)32(38)24-6-3-2-4-7-24)36-21-26(12-15-30(36)33-31)25-8-5-9-27(20-25)37(39)40/h2-15,20-21H,16-19,22H2,1H3.